The Morgan fingerprint density at radius 2 is 2.26 bits per heavy atom. The number of hydrogen-bond donors (Lipinski definition) is 1. The summed E-state index contributed by atoms with van der Waals surface area (Å²) in [6.45, 7) is 1.35. The molecule has 9 heteroatoms. The van der Waals surface area contributed by atoms with Gasteiger partial charge in [-0.2, -0.15) is 0 Å². The number of carbonyl (C=O) groups is 1. The van der Waals surface area contributed by atoms with E-state index in [4.69, 9.17) is 16.3 Å². The fourth-order valence-electron chi connectivity index (χ4n) is 4.57. The molecule has 0 radical (unpaired) electrons. The highest BCUT2D eigenvalue weighted by atomic mass is 35.5. The molecule has 0 aliphatic carbocycles. The number of benzene rings is 1. The lowest BCUT2D eigenvalue weighted by molar-refractivity contribution is -0.146. The van der Waals surface area contributed by atoms with Crippen molar-refractivity contribution in [2.75, 3.05) is 26.7 Å². The molecule has 2 aromatic heterocycles. The van der Waals surface area contributed by atoms with E-state index in [9.17, 15) is 14.3 Å². The molecule has 1 fully saturated rings. The molecule has 3 atom stereocenters. The molecule has 4 rings (SSSR count). The lowest BCUT2D eigenvalue weighted by Gasteiger charge is -2.36. The van der Waals surface area contributed by atoms with E-state index in [1.165, 1.54) is 30.7 Å². The SMILES string of the molecule is COc1ccc2ncc(Cl)c([C@@H](F)CC[C@H]3CCN(CC#Cc4sccc4F)C[C@H]3C(=O)O)c2c1. The Labute approximate surface area is 211 Å². The summed E-state index contributed by atoms with van der Waals surface area (Å²) in [5, 5.41) is 12.3. The number of hydrogen-bond acceptors (Lipinski definition) is 5. The van der Waals surface area contributed by atoms with E-state index in [-0.39, 0.29) is 23.2 Å². The van der Waals surface area contributed by atoms with Crippen LogP contribution in [0.1, 0.15) is 35.9 Å². The van der Waals surface area contributed by atoms with E-state index >= 15 is 4.39 Å². The molecule has 3 heterocycles. The summed E-state index contributed by atoms with van der Waals surface area (Å²) in [6, 6.07) is 6.61. The van der Waals surface area contributed by atoms with E-state index < -0.39 is 18.1 Å². The van der Waals surface area contributed by atoms with Crippen LogP contribution >= 0.6 is 22.9 Å². The van der Waals surface area contributed by atoms with Crippen molar-refractivity contribution < 1.29 is 23.4 Å². The van der Waals surface area contributed by atoms with Gasteiger partial charge in [0.2, 0.25) is 0 Å². The van der Waals surface area contributed by atoms with Crippen LogP contribution in [-0.2, 0) is 4.79 Å². The summed E-state index contributed by atoms with van der Waals surface area (Å²) in [5.41, 5.74) is 0.976. The van der Waals surface area contributed by atoms with E-state index in [2.05, 4.69) is 16.8 Å². The summed E-state index contributed by atoms with van der Waals surface area (Å²) >= 11 is 7.56. The number of thiophene rings is 1. The van der Waals surface area contributed by atoms with Gasteiger partial charge >= 0.3 is 5.97 Å². The van der Waals surface area contributed by atoms with Crippen molar-refractivity contribution in [2.24, 2.45) is 11.8 Å². The summed E-state index contributed by atoms with van der Waals surface area (Å²) in [5.74, 6) is 4.31. The van der Waals surface area contributed by atoms with Gasteiger partial charge < -0.3 is 9.84 Å². The number of carboxylic acids is 1. The summed E-state index contributed by atoms with van der Waals surface area (Å²) in [4.78, 5) is 18.6. The molecule has 0 unspecified atom stereocenters. The highest BCUT2D eigenvalue weighted by Crippen LogP contribution is 2.38. The molecular weight excluding hydrogens is 494 g/mol. The molecule has 1 aromatic carbocycles. The lowest BCUT2D eigenvalue weighted by Crippen LogP contribution is -2.44. The van der Waals surface area contributed by atoms with Gasteiger partial charge in [0.15, 0.2) is 0 Å². The first-order valence-corrected chi connectivity index (χ1v) is 12.6. The third-order valence-corrected chi connectivity index (χ3v) is 7.56. The van der Waals surface area contributed by atoms with Crippen molar-refractivity contribution in [3.05, 3.63) is 57.1 Å². The number of pyridine rings is 1. The van der Waals surface area contributed by atoms with E-state index in [1.807, 2.05) is 4.90 Å². The Balaban J connectivity index is 1.41. The number of alkyl halides is 1. The molecule has 1 saturated heterocycles. The molecule has 3 aromatic rings. The Kier molecular flexibility index (Phi) is 8.22. The molecule has 5 nitrogen and oxygen atoms in total. The van der Waals surface area contributed by atoms with Crippen LogP contribution in [0, 0.1) is 29.5 Å². The van der Waals surface area contributed by atoms with Crippen LogP contribution in [0.3, 0.4) is 0 Å². The average molecular weight is 519 g/mol. The molecule has 1 N–H and O–H groups in total. The number of methoxy groups -OCH3 is 1. The second-order valence-corrected chi connectivity index (χ2v) is 9.90. The Morgan fingerprint density at radius 3 is 2.97 bits per heavy atom. The zero-order valence-electron chi connectivity index (χ0n) is 19.1. The number of fused-ring (bicyclic) bond motifs is 1. The number of nitrogens with zero attached hydrogens (tertiary/aromatic N) is 2. The zero-order chi connectivity index (χ0) is 24.9. The topological polar surface area (TPSA) is 62.7 Å². The Hall–Kier alpha value is -2.73. The van der Waals surface area contributed by atoms with Gasteiger partial charge in [0, 0.05) is 23.7 Å². The third-order valence-electron chi connectivity index (χ3n) is 6.45. The number of halogens is 3. The molecule has 184 valence electrons. The van der Waals surface area contributed by atoms with Crippen molar-refractivity contribution in [1.82, 2.24) is 9.88 Å². The van der Waals surface area contributed by atoms with Crippen LogP contribution in [0.15, 0.2) is 35.8 Å². The van der Waals surface area contributed by atoms with Gasteiger partial charge in [-0.1, -0.05) is 23.4 Å². The fraction of sp³-hybridized carbons (Fsp3) is 0.385. The number of likely N-dealkylation sites (tertiary alicyclic amines) is 1. The molecule has 0 amide bonds. The van der Waals surface area contributed by atoms with Gasteiger partial charge in [0.25, 0.3) is 0 Å². The van der Waals surface area contributed by atoms with Crippen molar-refractivity contribution in [2.45, 2.75) is 25.4 Å². The second-order valence-electron chi connectivity index (χ2n) is 8.58. The third kappa shape index (κ3) is 5.92. The summed E-state index contributed by atoms with van der Waals surface area (Å²) < 4.78 is 34.3. The van der Waals surface area contributed by atoms with Gasteiger partial charge in [-0.25, -0.2) is 8.78 Å². The monoisotopic (exact) mass is 518 g/mol. The Bertz CT molecular complexity index is 1270. The standard InChI is InChI=1S/C26H25ClF2N2O3S/c1-34-17-5-7-23-18(13-17)25(20(27)14-30-23)22(29)6-4-16-8-11-31(15-19(16)26(32)33)10-2-3-24-21(28)9-12-35-24/h5,7,9,12-14,16,19,22H,4,6,8,10-11,15H2,1H3,(H,32,33)/t16-,19+,22-/m0/s1. The maximum Gasteiger partial charge on any atom is 0.308 e. The second kappa shape index (κ2) is 11.3. The molecule has 0 saturated carbocycles. The van der Waals surface area contributed by atoms with Gasteiger partial charge in [-0.05, 0) is 61.4 Å². The van der Waals surface area contributed by atoms with Gasteiger partial charge in [-0.3, -0.25) is 14.7 Å². The van der Waals surface area contributed by atoms with Crippen LogP contribution < -0.4 is 4.74 Å². The Morgan fingerprint density at radius 1 is 1.43 bits per heavy atom. The highest BCUT2D eigenvalue weighted by molar-refractivity contribution is 7.10. The molecule has 0 spiro atoms. The van der Waals surface area contributed by atoms with Crippen LogP contribution in [0.5, 0.6) is 5.75 Å². The zero-order valence-corrected chi connectivity index (χ0v) is 20.7. The van der Waals surface area contributed by atoms with E-state index in [0.29, 0.717) is 59.6 Å². The van der Waals surface area contributed by atoms with Crippen LogP contribution in [0.2, 0.25) is 5.02 Å². The predicted octanol–water partition coefficient (Wildman–Crippen LogP) is 5.96. The van der Waals surface area contributed by atoms with Gasteiger partial charge in [0.1, 0.15) is 22.6 Å². The maximum atomic E-state index is 15.5. The summed E-state index contributed by atoms with van der Waals surface area (Å²) in [7, 11) is 1.54. The number of rotatable bonds is 7. The van der Waals surface area contributed by atoms with E-state index in [1.54, 1.807) is 23.6 Å². The maximum absolute atomic E-state index is 15.5. The predicted molar refractivity (Wildman–Crippen MR) is 133 cm³/mol. The molecule has 35 heavy (non-hydrogen) atoms. The molecular formula is C26H25ClF2N2O3S. The van der Waals surface area contributed by atoms with E-state index in [0.717, 1.165) is 0 Å². The summed E-state index contributed by atoms with van der Waals surface area (Å²) in [6.07, 6.45) is 1.28. The molecule has 1 aliphatic heterocycles. The van der Waals surface area contributed by atoms with Crippen molar-refractivity contribution >= 4 is 39.8 Å². The first-order valence-electron chi connectivity index (χ1n) is 11.3. The van der Waals surface area contributed by atoms with Gasteiger partial charge in [0.05, 0.1) is 30.1 Å². The minimum Gasteiger partial charge on any atom is -0.497 e. The van der Waals surface area contributed by atoms with Crippen LogP contribution in [0.25, 0.3) is 10.9 Å². The number of aromatic nitrogens is 1. The minimum atomic E-state index is -1.36. The first-order chi connectivity index (χ1) is 16.9. The van der Waals surface area contributed by atoms with Crippen molar-refractivity contribution in [3.8, 4) is 17.6 Å². The quantitative estimate of drug-likeness (QED) is 0.391. The number of piperidine rings is 1. The van der Waals surface area contributed by atoms with Crippen LogP contribution in [0.4, 0.5) is 8.78 Å². The largest absolute Gasteiger partial charge is 0.497 e. The highest BCUT2D eigenvalue weighted by Gasteiger charge is 2.34. The number of carboxylic acid groups (broad SMARTS) is 1. The molecule has 1 aliphatic rings. The number of aliphatic carboxylic acids is 1. The minimum absolute atomic E-state index is 0.155. The number of ether oxygens (including phenoxy) is 1. The average Bonchev–Trinajstić information content (AvgIpc) is 3.26. The van der Waals surface area contributed by atoms with Crippen molar-refractivity contribution in [3.63, 3.8) is 0 Å². The fourth-order valence-corrected chi connectivity index (χ4v) is 5.47. The molecule has 0 bridgehead atoms. The lowest BCUT2D eigenvalue weighted by atomic mass is 9.81. The van der Waals surface area contributed by atoms with Crippen LogP contribution in [-0.4, -0.2) is 47.7 Å². The first kappa shape index (κ1) is 25.4. The normalized spacial score (nSPS) is 19.2. The van der Waals surface area contributed by atoms with Gasteiger partial charge in [-0.15, -0.1) is 11.3 Å². The van der Waals surface area contributed by atoms with Crippen molar-refractivity contribution in [1.29, 1.82) is 0 Å². The smallest absolute Gasteiger partial charge is 0.308 e.